The van der Waals surface area contributed by atoms with Crippen LogP contribution in [0.2, 0.25) is 0 Å². The molecule has 1 aromatic rings. The van der Waals surface area contributed by atoms with Crippen molar-refractivity contribution < 1.29 is 24.5 Å². The fraction of sp³-hybridized carbons (Fsp3) is 0.562. The third-order valence-electron chi connectivity index (χ3n) is 4.50. The molecular weight excluding hydrogens is 286 g/mol. The highest BCUT2D eigenvalue weighted by Gasteiger charge is 2.44. The molecule has 0 aromatic heterocycles. The SMILES string of the molecule is CCOc1cccc2c1C(O)CC1(CCN(C(=O)O)CC1)O2. The molecular formula is C16H21NO5. The second-order valence-electron chi connectivity index (χ2n) is 5.88. The third-order valence-corrected chi connectivity index (χ3v) is 4.50. The van der Waals surface area contributed by atoms with Gasteiger partial charge in [-0.25, -0.2) is 4.79 Å². The molecule has 2 heterocycles. The molecule has 3 rings (SSSR count). The molecule has 22 heavy (non-hydrogen) atoms. The van der Waals surface area contributed by atoms with Crippen LogP contribution in [-0.4, -0.2) is 46.5 Å². The van der Waals surface area contributed by atoms with Gasteiger partial charge in [0.05, 0.1) is 18.3 Å². The first-order valence-corrected chi connectivity index (χ1v) is 7.65. The van der Waals surface area contributed by atoms with E-state index in [0.717, 1.165) is 0 Å². The van der Waals surface area contributed by atoms with Crippen molar-refractivity contribution in [2.75, 3.05) is 19.7 Å². The van der Waals surface area contributed by atoms with Crippen LogP contribution >= 0.6 is 0 Å². The van der Waals surface area contributed by atoms with E-state index in [0.29, 0.717) is 56.0 Å². The largest absolute Gasteiger partial charge is 0.493 e. The molecule has 1 atom stereocenters. The summed E-state index contributed by atoms with van der Waals surface area (Å²) in [6, 6.07) is 5.52. The van der Waals surface area contributed by atoms with E-state index in [-0.39, 0.29) is 0 Å². The lowest BCUT2D eigenvalue weighted by Crippen LogP contribution is -2.51. The Bertz CT molecular complexity index is 566. The van der Waals surface area contributed by atoms with Crippen molar-refractivity contribution >= 4 is 6.09 Å². The van der Waals surface area contributed by atoms with Gasteiger partial charge in [0.2, 0.25) is 0 Å². The van der Waals surface area contributed by atoms with Gasteiger partial charge in [-0.3, -0.25) is 0 Å². The van der Waals surface area contributed by atoms with Crippen LogP contribution in [-0.2, 0) is 0 Å². The standard InChI is InChI=1S/C16H21NO5/c1-2-21-12-4-3-5-13-14(12)11(18)10-16(22-13)6-8-17(9-7-16)15(19)20/h3-5,11,18H,2,6-10H2,1H3,(H,19,20). The predicted molar refractivity (Wildman–Crippen MR) is 79.4 cm³/mol. The summed E-state index contributed by atoms with van der Waals surface area (Å²) in [6.45, 7) is 3.30. The van der Waals surface area contributed by atoms with Gasteiger partial charge in [-0.05, 0) is 19.1 Å². The Labute approximate surface area is 129 Å². The van der Waals surface area contributed by atoms with Gasteiger partial charge in [0.15, 0.2) is 0 Å². The summed E-state index contributed by atoms with van der Waals surface area (Å²) in [5, 5.41) is 19.6. The van der Waals surface area contributed by atoms with Gasteiger partial charge in [0.1, 0.15) is 17.1 Å². The number of benzene rings is 1. The Morgan fingerprint density at radius 1 is 1.45 bits per heavy atom. The maximum atomic E-state index is 11.0. The Hall–Kier alpha value is -1.95. The minimum atomic E-state index is -0.898. The number of piperidine rings is 1. The molecule has 6 heteroatoms. The lowest BCUT2D eigenvalue weighted by Gasteiger charge is -2.45. The first-order valence-electron chi connectivity index (χ1n) is 7.65. The van der Waals surface area contributed by atoms with E-state index in [4.69, 9.17) is 14.6 Å². The monoisotopic (exact) mass is 307 g/mol. The van der Waals surface area contributed by atoms with E-state index in [2.05, 4.69) is 0 Å². The molecule has 1 saturated heterocycles. The number of ether oxygens (including phenoxy) is 2. The molecule has 6 nitrogen and oxygen atoms in total. The van der Waals surface area contributed by atoms with Gasteiger partial charge in [0.25, 0.3) is 0 Å². The van der Waals surface area contributed by atoms with Gasteiger partial charge < -0.3 is 24.6 Å². The number of carbonyl (C=O) groups is 1. The highest BCUT2D eigenvalue weighted by molar-refractivity contribution is 5.65. The van der Waals surface area contributed by atoms with Crippen LogP contribution in [0, 0.1) is 0 Å². The molecule has 0 bridgehead atoms. The number of hydrogen-bond acceptors (Lipinski definition) is 4. The zero-order valence-corrected chi connectivity index (χ0v) is 12.6. The predicted octanol–water partition coefficient (Wildman–Crippen LogP) is 2.41. The van der Waals surface area contributed by atoms with Crippen LogP contribution in [0.1, 0.15) is 37.9 Å². The number of carboxylic acid groups (broad SMARTS) is 1. The number of likely N-dealkylation sites (tertiary alicyclic amines) is 1. The number of fused-ring (bicyclic) bond motifs is 1. The molecule has 1 aromatic carbocycles. The van der Waals surface area contributed by atoms with Crippen molar-refractivity contribution in [3.05, 3.63) is 23.8 Å². The molecule has 1 amide bonds. The molecule has 2 aliphatic rings. The number of aliphatic hydroxyl groups is 1. The van der Waals surface area contributed by atoms with Gasteiger partial charge >= 0.3 is 6.09 Å². The zero-order chi connectivity index (χ0) is 15.7. The minimum Gasteiger partial charge on any atom is -0.493 e. The van der Waals surface area contributed by atoms with Crippen LogP contribution in [0.25, 0.3) is 0 Å². The van der Waals surface area contributed by atoms with E-state index in [1.54, 1.807) is 0 Å². The number of hydrogen-bond donors (Lipinski definition) is 2. The fourth-order valence-corrected chi connectivity index (χ4v) is 3.36. The molecule has 1 spiro atoms. The summed E-state index contributed by atoms with van der Waals surface area (Å²) in [7, 11) is 0. The lowest BCUT2D eigenvalue weighted by atomic mass is 9.81. The quantitative estimate of drug-likeness (QED) is 0.877. The van der Waals surface area contributed by atoms with Crippen molar-refractivity contribution in [3.8, 4) is 11.5 Å². The summed E-state index contributed by atoms with van der Waals surface area (Å²) < 4.78 is 11.8. The van der Waals surface area contributed by atoms with E-state index in [9.17, 15) is 9.90 Å². The summed E-state index contributed by atoms with van der Waals surface area (Å²) in [6.07, 6.45) is 0.106. The van der Waals surface area contributed by atoms with E-state index >= 15 is 0 Å². The molecule has 1 fully saturated rings. The summed E-state index contributed by atoms with van der Waals surface area (Å²) >= 11 is 0. The first kappa shape index (κ1) is 15.0. The van der Waals surface area contributed by atoms with Crippen molar-refractivity contribution in [2.45, 2.75) is 37.9 Å². The lowest BCUT2D eigenvalue weighted by molar-refractivity contribution is -0.0510. The molecule has 0 saturated carbocycles. The molecule has 0 aliphatic carbocycles. The summed E-state index contributed by atoms with van der Waals surface area (Å²) in [5.41, 5.74) is 0.221. The first-order chi connectivity index (χ1) is 10.5. The molecule has 120 valence electrons. The normalized spacial score (nSPS) is 22.8. The van der Waals surface area contributed by atoms with Crippen LogP contribution < -0.4 is 9.47 Å². The Morgan fingerprint density at radius 2 is 2.18 bits per heavy atom. The highest BCUT2D eigenvalue weighted by atomic mass is 16.5. The third kappa shape index (κ3) is 2.59. The van der Waals surface area contributed by atoms with Crippen LogP contribution in [0.5, 0.6) is 11.5 Å². The molecule has 2 N–H and O–H groups in total. The van der Waals surface area contributed by atoms with Crippen molar-refractivity contribution in [3.63, 3.8) is 0 Å². The van der Waals surface area contributed by atoms with E-state index in [1.165, 1.54) is 4.90 Å². The minimum absolute atomic E-state index is 0.433. The average molecular weight is 307 g/mol. The zero-order valence-electron chi connectivity index (χ0n) is 12.6. The second-order valence-corrected chi connectivity index (χ2v) is 5.88. The van der Waals surface area contributed by atoms with Crippen molar-refractivity contribution in [1.82, 2.24) is 4.90 Å². The molecule has 1 unspecified atom stereocenters. The average Bonchev–Trinajstić information content (AvgIpc) is 2.47. The van der Waals surface area contributed by atoms with Gasteiger partial charge in [-0.15, -0.1) is 0 Å². The number of amides is 1. The van der Waals surface area contributed by atoms with Crippen LogP contribution in [0.3, 0.4) is 0 Å². The molecule has 0 radical (unpaired) electrons. The van der Waals surface area contributed by atoms with Gasteiger partial charge in [-0.1, -0.05) is 6.07 Å². The van der Waals surface area contributed by atoms with E-state index < -0.39 is 17.8 Å². The maximum absolute atomic E-state index is 11.0. The summed E-state index contributed by atoms with van der Waals surface area (Å²) in [5.74, 6) is 1.30. The highest BCUT2D eigenvalue weighted by Crippen LogP contribution is 2.47. The number of nitrogens with zero attached hydrogens (tertiary/aromatic N) is 1. The number of aliphatic hydroxyl groups excluding tert-OH is 1. The van der Waals surface area contributed by atoms with E-state index in [1.807, 2.05) is 25.1 Å². The maximum Gasteiger partial charge on any atom is 0.407 e. The van der Waals surface area contributed by atoms with Crippen LogP contribution in [0.15, 0.2) is 18.2 Å². The Morgan fingerprint density at radius 3 is 2.82 bits per heavy atom. The summed E-state index contributed by atoms with van der Waals surface area (Å²) in [4.78, 5) is 12.4. The smallest absolute Gasteiger partial charge is 0.407 e. The fourth-order valence-electron chi connectivity index (χ4n) is 3.36. The number of rotatable bonds is 2. The van der Waals surface area contributed by atoms with Crippen molar-refractivity contribution in [1.29, 1.82) is 0 Å². The Balaban J connectivity index is 1.83. The Kier molecular flexibility index (Phi) is 3.87. The topological polar surface area (TPSA) is 79.2 Å². The van der Waals surface area contributed by atoms with Gasteiger partial charge in [-0.2, -0.15) is 0 Å². The molecule has 2 aliphatic heterocycles. The van der Waals surface area contributed by atoms with Gasteiger partial charge in [0, 0.05) is 32.4 Å². The second kappa shape index (κ2) is 5.68. The van der Waals surface area contributed by atoms with Crippen molar-refractivity contribution in [2.24, 2.45) is 0 Å². The van der Waals surface area contributed by atoms with Crippen LogP contribution in [0.4, 0.5) is 4.79 Å².